The van der Waals surface area contributed by atoms with Crippen molar-refractivity contribution in [2.75, 3.05) is 19.5 Å². The van der Waals surface area contributed by atoms with E-state index in [0.29, 0.717) is 6.61 Å². The molecule has 162 valence electrons. The fourth-order valence-electron chi connectivity index (χ4n) is 1.71. The van der Waals surface area contributed by atoms with Crippen LogP contribution in [0.15, 0.2) is 35.0 Å². The molecule has 0 fully saturated rings. The summed E-state index contributed by atoms with van der Waals surface area (Å²) in [6.45, 7) is 12.9. The zero-order valence-corrected chi connectivity index (χ0v) is 20.4. The highest BCUT2D eigenvalue weighted by Gasteiger charge is 2.03. The van der Waals surface area contributed by atoms with Crippen molar-refractivity contribution < 1.29 is 5.11 Å². The monoisotopic (exact) mass is 430 g/mol. The third kappa shape index (κ3) is 22.8. The normalized spacial score (nSPS) is 8.61. The van der Waals surface area contributed by atoms with Gasteiger partial charge in [-0.25, -0.2) is 0 Å². The first-order valence-corrected chi connectivity index (χ1v) is 10.7. The van der Waals surface area contributed by atoms with E-state index in [4.69, 9.17) is 33.6 Å². The molecule has 1 aromatic rings. The van der Waals surface area contributed by atoms with Gasteiger partial charge in [-0.1, -0.05) is 68.1 Å². The number of aliphatic hydroxyl groups excluding tert-OH is 1. The van der Waals surface area contributed by atoms with Crippen LogP contribution in [-0.4, -0.2) is 29.5 Å². The van der Waals surface area contributed by atoms with Crippen LogP contribution in [0.4, 0.5) is 0 Å². The van der Waals surface area contributed by atoms with Gasteiger partial charge in [0.2, 0.25) is 0 Å². The maximum Gasteiger partial charge on any atom is 0.103 e. The third-order valence-corrected chi connectivity index (χ3v) is 4.22. The Kier molecular flexibility index (Phi) is 26.8. The summed E-state index contributed by atoms with van der Waals surface area (Å²) in [4.78, 5) is 2.06. The summed E-state index contributed by atoms with van der Waals surface area (Å²) in [5.74, 6) is 0.816. The molecule has 1 N–H and O–H groups in total. The van der Waals surface area contributed by atoms with Gasteiger partial charge in [0.1, 0.15) is 5.16 Å². The molecule has 28 heavy (non-hydrogen) atoms. The smallest absolute Gasteiger partial charge is 0.103 e. The highest BCUT2D eigenvalue weighted by Crippen LogP contribution is 2.16. The number of alkyl halides is 1. The fraction of sp³-hybridized carbons (Fsp3) is 0.609. The molecular formula is C23H40Cl2N2O. The second kappa shape index (κ2) is 23.8. The van der Waals surface area contributed by atoms with Crippen LogP contribution in [0.5, 0.6) is 0 Å². The topological polar surface area (TPSA) is 47.3 Å². The average Bonchev–Trinajstić information content (AvgIpc) is 2.66. The van der Waals surface area contributed by atoms with Gasteiger partial charge in [-0.2, -0.15) is 5.26 Å². The molecule has 3 nitrogen and oxygen atoms in total. The van der Waals surface area contributed by atoms with E-state index >= 15 is 0 Å². The van der Waals surface area contributed by atoms with Crippen molar-refractivity contribution in [3.05, 3.63) is 46.1 Å². The van der Waals surface area contributed by atoms with Crippen LogP contribution in [-0.2, 0) is 6.54 Å². The zero-order chi connectivity index (χ0) is 22.4. The number of benzene rings is 1. The molecule has 0 aromatic heterocycles. The van der Waals surface area contributed by atoms with Crippen LogP contribution in [0.3, 0.4) is 0 Å². The van der Waals surface area contributed by atoms with Crippen LogP contribution in [0.25, 0.3) is 0 Å². The largest absolute Gasteiger partial charge is 0.396 e. The van der Waals surface area contributed by atoms with Crippen LogP contribution >= 0.6 is 23.2 Å². The molecule has 5 heteroatoms. The standard InChI is InChI=1S/C13H18ClN.C4H9Cl.C4H10O.C2H3N/c1-10(2)13(14)15(4)9-12-7-5-11(3)6-8-12;2*1-2-3-4-5;1-2-3/h5-8H,9H2,1-4H3;2-4H2,1H3;5H,2-4H2,1H3;1H3. The molecule has 1 aromatic carbocycles. The third-order valence-electron chi connectivity index (χ3n) is 3.29. The lowest BCUT2D eigenvalue weighted by atomic mass is 10.1. The molecule has 0 saturated carbocycles. The molecule has 0 aliphatic carbocycles. The molecule has 0 amide bonds. The fourth-order valence-corrected chi connectivity index (χ4v) is 2.04. The summed E-state index contributed by atoms with van der Waals surface area (Å²) in [5, 5.41) is 16.2. The second-order valence-corrected chi connectivity index (χ2v) is 7.21. The lowest BCUT2D eigenvalue weighted by Crippen LogP contribution is -2.14. The van der Waals surface area contributed by atoms with Crippen LogP contribution < -0.4 is 0 Å². The summed E-state index contributed by atoms with van der Waals surface area (Å²) in [6, 6.07) is 10.3. The zero-order valence-electron chi connectivity index (χ0n) is 18.9. The van der Waals surface area contributed by atoms with E-state index in [1.54, 1.807) is 6.07 Å². The van der Waals surface area contributed by atoms with Gasteiger partial charge in [-0.05, 0) is 44.7 Å². The summed E-state index contributed by atoms with van der Waals surface area (Å²) < 4.78 is 0. The van der Waals surface area contributed by atoms with E-state index in [0.717, 1.165) is 42.4 Å². The Morgan fingerprint density at radius 3 is 1.82 bits per heavy atom. The molecule has 0 radical (unpaired) electrons. The van der Waals surface area contributed by atoms with Gasteiger partial charge < -0.3 is 10.0 Å². The van der Waals surface area contributed by atoms with Crippen molar-refractivity contribution in [2.24, 2.45) is 0 Å². The number of aliphatic hydroxyl groups is 1. The predicted molar refractivity (Wildman–Crippen MR) is 126 cm³/mol. The number of hydrogen-bond acceptors (Lipinski definition) is 3. The number of aryl methyl sites for hydroxylation is 1. The van der Waals surface area contributed by atoms with Gasteiger partial charge in [0.15, 0.2) is 0 Å². The van der Waals surface area contributed by atoms with Crippen LogP contribution in [0, 0.1) is 18.3 Å². The predicted octanol–water partition coefficient (Wildman–Crippen LogP) is 7.25. The van der Waals surface area contributed by atoms with Crippen molar-refractivity contribution in [1.29, 1.82) is 5.26 Å². The van der Waals surface area contributed by atoms with Crippen molar-refractivity contribution in [1.82, 2.24) is 4.90 Å². The van der Waals surface area contributed by atoms with Gasteiger partial charge in [0, 0.05) is 33.0 Å². The van der Waals surface area contributed by atoms with Gasteiger partial charge in [-0.3, -0.25) is 0 Å². The summed E-state index contributed by atoms with van der Waals surface area (Å²) in [7, 11) is 2.01. The Morgan fingerprint density at radius 2 is 1.57 bits per heavy atom. The van der Waals surface area contributed by atoms with Crippen LogP contribution in [0.1, 0.15) is 71.4 Å². The van der Waals surface area contributed by atoms with E-state index in [1.807, 2.05) is 20.9 Å². The molecule has 1 rings (SSSR count). The Morgan fingerprint density at radius 1 is 1.11 bits per heavy atom. The summed E-state index contributed by atoms with van der Waals surface area (Å²) in [6.07, 6.45) is 4.40. The molecule has 0 saturated heterocycles. The molecule has 0 aliphatic heterocycles. The summed E-state index contributed by atoms with van der Waals surface area (Å²) >= 11 is 11.5. The van der Waals surface area contributed by atoms with E-state index in [-0.39, 0.29) is 0 Å². The van der Waals surface area contributed by atoms with Gasteiger partial charge >= 0.3 is 0 Å². The van der Waals surface area contributed by atoms with Crippen molar-refractivity contribution in [3.8, 4) is 6.07 Å². The van der Waals surface area contributed by atoms with E-state index < -0.39 is 0 Å². The van der Waals surface area contributed by atoms with E-state index in [2.05, 4.69) is 49.9 Å². The minimum atomic E-state index is 0.344. The van der Waals surface area contributed by atoms with Crippen molar-refractivity contribution >= 4 is 23.2 Å². The molecule has 0 heterocycles. The van der Waals surface area contributed by atoms with Gasteiger partial charge in [-0.15, -0.1) is 11.6 Å². The first-order chi connectivity index (χ1) is 13.2. The molecule has 0 spiro atoms. The first-order valence-electron chi connectivity index (χ1n) is 9.82. The van der Waals surface area contributed by atoms with Crippen molar-refractivity contribution in [2.45, 2.75) is 73.8 Å². The Hall–Kier alpha value is -1.21. The highest BCUT2D eigenvalue weighted by molar-refractivity contribution is 6.29. The SMILES string of the molecule is CC#N.CC(C)=C(Cl)N(C)Cc1ccc(C)cc1.CCCCCl.CCCCO. The Balaban J connectivity index is -0.000000395. The lowest BCUT2D eigenvalue weighted by molar-refractivity contribution is 0.287. The maximum atomic E-state index is 8.07. The van der Waals surface area contributed by atoms with Gasteiger partial charge in [0.25, 0.3) is 0 Å². The Labute approximate surface area is 184 Å². The first kappa shape index (κ1) is 31.5. The van der Waals surface area contributed by atoms with Crippen molar-refractivity contribution in [3.63, 3.8) is 0 Å². The van der Waals surface area contributed by atoms with E-state index in [1.165, 1.54) is 24.5 Å². The number of nitriles is 1. The molecule has 0 bridgehead atoms. The van der Waals surface area contributed by atoms with E-state index in [9.17, 15) is 0 Å². The average molecular weight is 431 g/mol. The minimum absolute atomic E-state index is 0.344. The second-order valence-electron chi connectivity index (χ2n) is 6.48. The number of nitrogens with zero attached hydrogens (tertiary/aromatic N) is 2. The lowest BCUT2D eigenvalue weighted by Gasteiger charge is -2.19. The maximum absolute atomic E-state index is 8.07. The Bertz CT molecular complexity index is 508. The van der Waals surface area contributed by atoms with Crippen LogP contribution in [0.2, 0.25) is 0 Å². The molecular weight excluding hydrogens is 391 g/mol. The minimum Gasteiger partial charge on any atom is -0.396 e. The number of allylic oxidation sites excluding steroid dienone is 1. The highest BCUT2D eigenvalue weighted by atomic mass is 35.5. The number of halogens is 2. The molecule has 0 aliphatic rings. The molecule has 0 atom stereocenters. The number of rotatable bonds is 7. The number of unbranched alkanes of at least 4 members (excludes halogenated alkanes) is 2. The number of hydrogen-bond donors (Lipinski definition) is 1. The molecule has 0 unspecified atom stereocenters. The quantitative estimate of drug-likeness (QED) is 0.365. The summed E-state index contributed by atoms with van der Waals surface area (Å²) in [5.41, 5.74) is 3.71. The van der Waals surface area contributed by atoms with Gasteiger partial charge in [0.05, 0.1) is 6.07 Å².